The minimum atomic E-state index is -1.94. The average molecular weight is 541 g/mol. The molecule has 2 aliphatic carbocycles. The fourth-order valence-corrected chi connectivity index (χ4v) is 5.42. The van der Waals surface area contributed by atoms with Crippen LogP contribution in [0.5, 0.6) is 17.2 Å². The first-order valence-electron chi connectivity index (χ1n) is 13.2. The summed E-state index contributed by atoms with van der Waals surface area (Å²) in [6.45, 7) is 3.11. The van der Waals surface area contributed by atoms with Gasteiger partial charge < -0.3 is 35.4 Å². The van der Waals surface area contributed by atoms with Crippen LogP contribution in [-0.2, 0) is 16.0 Å². The van der Waals surface area contributed by atoms with E-state index in [4.69, 9.17) is 4.74 Å². The maximum absolute atomic E-state index is 13.4. The Morgan fingerprint density at radius 3 is 2.49 bits per heavy atom. The number of carbonyl (C=O) groups is 3. The lowest BCUT2D eigenvalue weighted by Gasteiger charge is -2.39. The standard InChI is InChI=1S/C29H36N2O8/c1-4-5-6-12-39-15-20(33)29(38)13-17-21(18(14-29)30-10-11-31(2)3)27(36)24-23(26(17)35)25(34)16-8-7-9-19(32)22(16)28(24)37/h7-9,18,30,32,35-36,38H,4-6,10-15H2,1-3H3. The topological polar surface area (TPSA) is 157 Å². The number of hydrogen-bond donors (Lipinski definition) is 5. The first-order chi connectivity index (χ1) is 18.5. The number of aliphatic hydroxyl groups is 1. The number of aromatic hydroxyl groups is 3. The Balaban J connectivity index is 1.78. The van der Waals surface area contributed by atoms with Crippen LogP contribution < -0.4 is 5.32 Å². The van der Waals surface area contributed by atoms with Gasteiger partial charge in [-0.1, -0.05) is 31.9 Å². The summed E-state index contributed by atoms with van der Waals surface area (Å²) in [6.07, 6.45) is 2.23. The second-order valence-corrected chi connectivity index (χ2v) is 10.6. The third-order valence-corrected chi connectivity index (χ3v) is 7.51. The van der Waals surface area contributed by atoms with Crippen LogP contribution in [0.4, 0.5) is 0 Å². The van der Waals surface area contributed by atoms with Crippen molar-refractivity contribution in [1.29, 1.82) is 0 Å². The number of likely N-dealkylation sites (N-methyl/N-ethyl adjacent to an activating group) is 1. The lowest BCUT2D eigenvalue weighted by molar-refractivity contribution is -0.144. The van der Waals surface area contributed by atoms with E-state index in [0.717, 1.165) is 19.3 Å². The third kappa shape index (κ3) is 5.29. The number of rotatable bonds is 11. The van der Waals surface area contributed by atoms with Crippen molar-refractivity contribution in [2.24, 2.45) is 0 Å². The van der Waals surface area contributed by atoms with E-state index < -0.39 is 57.4 Å². The van der Waals surface area contributed by atoms with Crippen LogP contribution in [-0.4, -0.2) is 88.7 Å². The van der Waals surface area contributed by atoms with Gasteiger partial charge in [0.1, 0.15) is 29.5 Å². The van der Waals surface area contributed by atoms with Crippen LogP contribution in [0.15, 0.2) is 18.2 Å². The first-order valence-corrected chi connectivity index (χ1v) is 13.2. The van der Waals surface area contributed by atoms with E-state index in [2.05, 4.69) is 12.2 Å². The Morgan fingerprint density at radius 1 is 1.08 bits per heavy atom. The summed E-state index contributed by atoms with van der Waals surface area (Å²) in [6, 6.07) is 3.21. The Kier molecular flexibility index (Phi) is 8.41. The number of hydrogen-bond acceptors (Lipinski definition) is 10. The summed E-state index contributed by atoms with van der Waals surface area (Å²) in [5.74, 6) is -3.61. The molecule has 2 unspecified atom stereocenters. The largest absolute Gasteiger partial charge is 0.507 e. The van der Waals surface area contributed by atoms with E-state index in [1.807, 2.05) is 19.0 Å². The zero-order valence-electron chi connectivity index (χ0n) is 22.5. The number of ketones is 3. The van der Waals surface area contributed by atoms with E-state index in [9.17, 15) is 34.8 Å². The van der Waals surface area contributed by atoms with Gasteiger partial charge in [-0.25, -0.2) is 0 Å². The number of carbonyl (C=O) groups excluding carboxylic acids is 3. The number of phenolic OH excluding ortho intramolecular Hbond substituents is 3. The second kappa shape index (κ2) is 11.4. The molecule has 0 amide bonds. The lowest BCUT2D eigenvalue weighted by atomic mass is 9.71. The van der Waals surface area contributed by atoms with Crippen LogP contribution in [0.25, 0.3) is 0 Å². The monoisotopic (exact) mass is 540 g/mol. The van der Waals surface area contributed by atoms with Crippen molar-refractivity contribution in [1.82, 2.24) is 10.2 Å². The third-order valence-electron chi connectivity index (χ3n) is 7.51. The van der Waals surface area contributed by atoms with E-state index in [1.165, 1.54) is 18.2 Å². The van der Waals surface area contributed by atoms with E-state index in [0.29, 0.717) is 19.7 Å². The molecule has 2 aromatic rings. The van der Waals surface area contributed by atoms with Gasteiger partial charge in [-0.15, -0.1) is 0 Å². The number of fused-ring (bicyclic) bond motifs is 3. The van der Waals surface area contributed by atoms with Gasteiger partial charge in [0.15, 0.2) is 11.6 Å². The molecule has 0 aromatic heterocycles. The summed E-state index contributed by atoms with van der Waals surface area (Å²) in [7, 11) is 3.75. The summed E-state index contributed by atoms with van der Waals surface area (Å²) in [4.78, 5) is 42.0. The number of Topliss-reactive ketones (excluding diaryl/α,β-unsaturated/α-hetero) is 1. The highest BCUT2D eigenvalue weighted by Crippen LogP contribution is 2.51. The van der Waals surface area contributed by atoms with E-state index >= 15 is 0 Å². The fraction of sp³-hybridized carbons (Fsp3) is 0.483. The molecule has 0 fully saturated rings. The second-order valence-electron chi connectivity index (χ2n) is 10.6. The van der Waals surface area contributed by atoms with Crippen LogP contribution in [0.2, 0.25) is 0 Å². The molecule has 0 heterocycles. The molecule has 0 aliphatic heterocycles. The van der Waals surface area contributed by atoms with Gasteiger partial charge >= 0.3 is 0 Å². The highest BCUT2D eigenvalue weighted by atomic mass is 16.5. The number of benzene rings is 2. The van der Waals surface area contributed by atoms with Gasteiger partial charge in [-0.2, -0.15) is 0 Å². The lowest BCUT2D eigenvalue weighted by Crippen LogP contribution is -2.50. The van der Waals surface area contributed by atoms with Gasteiger partial charge in [0, 0.05) is 55.3 Å². The molecule has 10 heteroatoms. The average Bonchev–Trinajstić information content (AvgIpc) is 2.88. The molecule has 0 saturated carbocycles. The Hall–Kier alpha value is -3.31. The maximum atomic E-state index is 13.4. The minimum absolute atomic E-state index is 0.0199. The molecule has 0 bridgehead atoms. The van der Waals surface area contributed by atoms with Crippen molar-refractivity contribution in [3.05, 3.63) is 51.6 Å². The summed E-state index contributed by atoms with van der Waals surface area (Å²) in [5, 5.41) is 47.9. The minimum Gasteiger partial charge on any atom is -0.507 e. The van der Waals surface area contributed by atoms with Crippen molar-refractivity contribution in [2.75, 3.05) is 40.4 Å². The van der Waals surface area contributed by atoms with Crippen molar-refractivity contribution in [2.45, 2.75) is 50.7 Å². The van der Waals surface area contributed by atoms with Crippen molar-refractivity contribution >= 4 is 17.3 Å². The number of phenols is 3. The van der Waals surface area contributed by atoms with Gasteiger partial charge in [0.05, 0.1) is 16.7 Å². The normalized spacial score (nSPS) is 20.1. The predicted octanol–water partition coefficient (Wildman–Crippen LogP) is 2.22. The molecule has 210 valence electrons. The van der Waals surface area contributed by atoms with Crippen LogP contribution in [0.3, 0.4) is 0 Å². The maximum Gasteiger partial charge on any atom is 0.202 e. The van der Waals surface area contributed by atoms with E-state index in [-0.39, 0.29) is 41.7 Å². The molecule has 0 radical (unpaired) electrons. The molecule has 4 rings (SSSR count). The van der Waals surface area contributed by atoms with Crippen LogP contribution >= 0.6 is 0 Å². The number of unbranched alkanes of at least 4 members (excludes halogenated alkanes) is 2. The molecular formula is C29H36N2O8. The van der Waals surface area contributed by atoms with Crippen molar-refractivity contribution in [3.63, 3.8) is 0 Å². The molecule has 2 atom stereocenters. The van der Waals surface area contributed by atoms with Gasteiger partial charge in [0.2, 0.25) is 5.78 Å². The van der Waals surface area contributed by atoms with Crippen LogP contribution in [0, 0.1) is 0 Å². The highest BCUT2D eigenvalue weighted by molar-refractivity contribution is 6.31. The molecule has 5 N–H and O–H groups in total. The molecule has 10 nitrogen and oxygen atoms in total. The highest BCUT2D eigenvalue weighted by Gasteiger charge is 2.48. The Labute approximate surface area is 227 Å². The molecule has 2 aromatic carbocycles. The summed E-state index contributed by atoms with van der Waals surface area (Å²) < 4.78 is 5.51. The van der Waals surface area contributed by atoms with Gasteiger partial charge in [-0.3, -0.25) is 14.4 Å². The van der Waals surface area contributed by atoms with Crippen molar-refractivity contribution < 1.29 is 39.5 Å². The number of nitrogens with one attached hydrogen (secondary N) is 1. The van der Waals surface area contributed by atoms with Crippen LogP contribution in [0.1, 0.15) is 81.6 Å². The quantitative estimate of drug-likeness (QED) is 0.180. The first kappa shape index (κ1) is 28.7. The molecule has 2 aliphatic rings. The van der Waals surface area contributed by atoms with E-state index in [1.54, 1.807) is 0 Å². The molecular weight excluding hydrogens is 504 g/mol. The molecule has 39 heavy (non-hydrogen) atoms. The summed E-state index contributed by atoms with van der Waals surface area (Å²) in [5.41, 5.74) is -2.94. The molecule has 0 spiro atoms. The zero-order chi connectivity index (χ0) is 28.5. The summed E-state index contributed by atoms with van der Waals surface area (Å²) >= 11 is 0. The smallest absolute Gasteiger partial charge is 0.202 e. The predicted molar refractivity (Wildman–Crippen MR) is 143 cm³/mol. The Morgan fingerprint density at radius 2 is 1.79 bits per heavy atom. The van der Waals surface area contributed by atoms with Gasteiger partial charge in [0.25, 0.3) is 0 Å². The SMILES string of the molecule is CCCCCOCC(=O)C1(O)Cc2c(O)c3c(c(O)c2C(NCCN(C)C)C1)C(=O)c1c(O)cccc1C3=O. The Bertz CT molecular complexity index is 1300. The number of nitrogens with zero attached hydrogens (tertiary/aromatic N) is 1. The zero-order valence-corrected chi connectivity index (χ0v) is 22.5. The fourth-order valence-electron chi connectivity index (χ4n) is 5.42. The van der Waals surface area contributed by atoms with Gasteiger partial charge in [-0.05, 0) is 26.6 Å². The number of ether oxygens (including phenoxy) is 1. The molecule has 0 saturated heterocycles. The van der Waals surface area contributed by atoms with Crippen molar-refractivity contribution in [3.8, 4) is 17.2 Å².